The number of benzene rings is 3. The Morgan fingerprint density at radius 3 is 1.90 bits per heavy atom. The molecule has 9 nitrogen and oxygen atoms in total. The van der Waals surface area contributed by atoms with E-state index >= 15 is 0 Å². The molecule has 0 aliphatic carbocycles. The Kier molecular flexibility index (Phi) is 13.8. The lowest BCUT2D eigenvalue weighted by atomic mass is 9.65. The smallest absolute Gasteiger partial charge is 0.322 e. The highest BCUT2D eigenvalue weighted by molar-refractivity contribution is 9.10. The van der Waals surface area contributed by atoms with Crippen LogP contribution >= 0.6 is 27.3 Å². The van der Waals surface area contributed by atoms with Crippen molar-refractivity contribution in [1.29, 1.82) is 0 Å². The normalized spacial score (nSPS) is 14.9. The molecule has 2 heterocycles. The number of fused-ring (bicyclic) bond motifs is 2. The van der Waals surface area contributed by atoms with E-state index < -0.39 is 21.1 Å². The Bertz CT molecular complexity index is 2390. The number of Topliss-reactive ketones (excluding diaryl/α,β-unsaturated/α-hetero) is 2. The molecular weight excluding hydrogens is 815 g/mol. The summed E-state index contributed by atoms with van der Waals surface area (Å²) in [6.07, 6.45) is 4.82. The van der Waals surface area contributed by atoms with E-state index in [-0.39, 0.29) is 35.7 Å². The lowest BCUT2D eigenvalue weighted by Gasteiger charge is -2.39. The molecule has 2 atom stereocenters. The number of hydrogen-bond donors (Lipinski definition) is 0. The number of rotatable bonds is 21. The zero-order valence-electron chi connectivity index (χ0n) is 36.4. The second-order valence-electron chi connectivity index (χ2n) is 19.7. The quantitative estimate of drug-likeness (QED) is 0.0182. The number of aromatic nitrogens is 1. The average molecular weight is 879 g/mol. The molecule has 58 heavy (non-hydrogen) atoms. The molecule has 5 aromatic rings. The number of alkyl halides is 1. The van der Waals surface area contributed by atoms with Gasteiger partial charge in [-0.2, -0.15) is 0 Å². The Morgan fingerprint density at radius 1 is 0.655 bits per heavy atom. The van der Waals surface area contributed by atoms with Crippen molar-refractivity contribution in [3.63, 3.8) is 0 Å². The van der Waals surface area contributed by atoms with Crippen LogP contribution in [0.1, 0.15) is 85.5 Å². The number of carbonyl (C=O) groups excluding carboxylic acids is 3. The number of ether oxygens (including phenoxy) is 1. The number of esters is 1. The maximum atomic E-state index is 14.1. The van der Waals surface area contributed by atoms with E-state index in [2.05, 4.69) is 49.2 Å². The van der Waals surface area contributed by atoms with Crippen LogP contribution in [0.3, 0.4) is 0 Å². The first kappa shape index (κ1) is 45.6. The number of carbonyl (C=O) groups is 3. The molecule has 0 radical (unpaired) electrons. The molecule has 0 aliphatic heterocycles. The summed E-state index contributed by atoms with van der Waals surface area (Å²) in [5.74, 6) is -0.266. The topological polar surface area (TPSA) is 99.5 Å². The average Bonchev–Trinajstić information content (AvgIpc) is 3.12. The van der Waals surface area contributed by atoms with Crippen LogP contribution in [0, 0.1) is 10.8 Å². The molecule has 11 heteroatoms. The van der Waals surface area contributed by atoms with Gasteiger partial charge >= 0.3 is 5.97 Å². The maximum Gasteiger partial charge on any atom is 0.322 e. The summed E-state index contributed by atoms with van der Waals surface area (Å²) in [5, 5.41) is 5.04. The summed E-state index contributed by atoms with van der Waals surface area (Å²) in [4.78, 5) is 68.8. The lowest BCUT2D eigenvalue weighted by Crippen LogP contribution is -2.45. The molecule has 0 saturated carbocycles. The van der Waals surface area contributed by atoms with Crippen molar-refractivity contribution in [3.05, 3.63) is 69.2 Å². The van der Waals surface area contributed by atoms with Crippen LogP contribution in [0.2, 0.25) is 0 Å². The molecule has 0 spiro atoms. The highest BCUT2D eigenvalue weighted by atomic mass is 79.9. The van der Waals surface area contributed by atoms with Gasteiger partial charge in [-0.25, -0.2) is 0 Å². The zero-order valence-corrected chi connectivity index (χ0v) is 38.8. The fourth-order valence-electron chi connectivity index (χ4n) is 8.58. The summed E-state index contributed by atoms with van der Waals surface area (Å²) in [7, 11) is 12.4. The summed E-state index contributed by atoms with van der Waals surface area (Å²) in [6, 6.07) is 16.0. The van der Waals surface area contributed by atoms with Crippen LogP contribution in [0.4, 0.5) is 0 Å². The predicted molar refractivity (Wildman–Crippen MR) is 244 cm³/mol. The van der Waals surface area contributed by atoms with E-state index in [1.54, 1.807) is 18.3 Å². The van der Waals surface area contributed by atoms with Gasteiger partial charge in [0, 0.05) is 67.6 Å². The molecular formula is C47H64BrN3O6S+2. The van der Waals surface area contributed by atoms with E-state index in [9.17, 15) is 24.0 Å². The summed E-state index contributed by atoms with van der Waals surface area (Å²) in [5.41, 5.74) is -2.26. The first-order chi connectivity index (χ1) is 26.9. The van der Waals surface area contributed by atoms with Crippen molar-refractivity contribution in [2.24, 2.45) is 10.8 Å². The van der Waals surface area contributed by atoms with Crippen molar-refractivity contribution >= 4 is 86.5 Å². The molecule has 2 unspecified atom stereocenters. The lowest BCUT2D eigenvalue weighted by molar-refractivity contribution is -0.870. The molecule has 314 valence electrons. The van der Waals surface area contributed by atoms with Crippen LogP contribution in [-0.2, 0) is 25.7 Å². The number of quaternary nitrogens is 2. The van der Waals surface area contributed by atoms with E-state index in [0.29, 0.717) is 66.9 Å². The number of hydrogen-bond acceptors (Lipinski definition) is 7. The first-order valence-corrected chi connectivity index (χ1v) is 22.3. The summed E-state index contributed by atoms with van der Waals surface area (Å²) >= 11 is 5.32. The first-order valence-electron chi connectivity index (χ1n) is 20.7. The highest BCUT2D eigenvalue weighted by Crippen LogP contribution is 2.45. The van der Waals surface area contributed by atoms with Crippen LogP contribution in [0.5, 0.6) is 0 Å². The summed E-state index contributed by atoms with van der Waals surface area (Å²) < 4.78 is 9.58. The molecule has 0 bridgehead atoms. The van der Waals surface area contributed by atoms with Gasteiger partial charge in [-0.05, 0) is 67.6 Å². The Hall–Kier alpha value is -3.51. The number of halogens is 1. The number of pyridine rings is 1. The molecule has 3 aromatic carbocycles. The van der Waals surface area contributed by atoms with Crippen LogP contribution in [0.15, 0.2) is 58.1 Å². The van der Waals surface area contributed by atoms with Gasteiger partial charge in [0.1, 0.15) is 29.0 Å². The largest absolute Gasteiger partial charge is 0.459 e. The third-order valence-electron chi connectivity index (χ3n) is 11.6. The van der Waals surface area contributed by atoms with Crippen LogP contribution in [0.25, 0.3) is 41.7 Å². The Balaban J connectivity index is 1.21. The van der Waals surface area contributed by atoms with E-state index in [1.807, 2.05) is 78.3 Å². The molecule has 2 aromatic heterocycles. The highest BCUT2D eigenvalue weighted by Gasteiger charge is 2.47. The van der Waals surface area contributed by atoms with Crippen molar-refractivity contribution in [3.8, 4) is 0 Å². The van der Waals surface area contributed by atoms with Crippen molar-refractivity contribution < 1.29 is 28.1 Å². The minimum absolute atomic E-state index is 0.0562. The van der Waals surface area contributed by atoms with E-state index in [1.165, 1.54) is 4.57 Å². The number of nitrogens with zero attached hydrogens (tertiary/aromatic N) is 3. The second-order valence-corrected chi connectivity index (χ2v) is 22.5. The molecule has 0 saturated heterocycles. The van der Waals surface area contributed by atoms with Gasteiger partial charge in [0.25, 0.3) is 11.1 Å². The Labute approximate surface area is 356 Å². The SMILES string of the molecule is CC(C)(CC(C)(CC(C)(Br)C(=O)OCC[N+](C)(C)C)C(=O)CCC[N+](C)(C)C)C(=O)CCCCCCn1c(=O)c2ccc3sc4ccccc4c4ccc(c1=O)c2c34. The fourth-order valence-corrected chi connectivity index (χ4v) is 10.4. The maximum absolute atomic E-state index is 14.1. The predicted octanol–water partition coefficient (Wildman–Crippen LogP) is 9.11. The van der Waals surface area contributed by atoms with Crippen molar-refractivity contribution in [1.82, 2.24) is 4.57 Å². The summed E-state index contributed by atoms with van der Waals surface area (Å²) in [6.45, 7) is 9.58. The van der Waals surface area contributed by atoms with Crippen LogP contribution < -0.4 is 11.1 Å². The van der Waals surface area contributed by atoms with Gasteiger partial charge in [0.05, 0.1) is 48.8 Å². The number of likely N-dealkylation sites (N-methyl/N-ethyl adjacent to an activating group) is 1. The monoisotopic (exact) mass is 877 g/mol. The van der Waals surface area contributed by atoms with Gasteiger partial charge in [-0.1, -0.05) is 73.8 Å². The number of unbranched alkanes of at least 4 members (excludes halogenated alkanes) is 3. The van der Waals surface area contributed by atoms with Crippen molar-refractivity contribution in [2.75, 3.05) is 62.0 Å². The molecule has 0 amide bonds. The van der Waals surface area contributed by atoms with Gasteiger partial charge in [-0.15, -0.1) is 11.3 Å². The number of ketones is 2. The van der Waals surface area contributed by atoms with E-state index in [0.717, 1.165) is 54.8 Å². The minimum atomic E-state index is -1.10. The van der Waals surface area contributed by atoms with Crippen LogP contribution in [-0.4, -0.2) is 97.4 Å². The van der Waals surface area contributed by atoms with E-state index in [4.69, 9.17) is 4.74 Å². The standard InChI is InChI=1S/C47H64BrN3O6S/c1-45(2,30-46(3,39(53)21-17-27-50(5,6)7)31-47(4,48)44(56)57-29-28-51(8,9)10)38(52)20-13-11-12-16-26-49-42(54)34-23-22-33-32-18-14-15-19-36(32)58-37-25-24-35(43(49)55)40(34)41(33)37/h14-15,18-19,22-25H,11-13,16-17,20-21,26-31H2,1-10H3/q+2. The van der Waals surface area contributed by atoms with Gasteiger partial charge in [-0.3, -0.25) is 28.5 Å². The van der Waals surface area contributed by atoms with Gasteiger partial charge in [0.2, 0.25) is 0 Å². The van der Waals surface area contributed by atoms with Crippen molar-refractivity contribution in [2.45, 2.75) is 96.4 Å². The van der Waals surface area contributed by atoms with Gasteiger partial charge in [0.15, 0.2) is 0 Å². The molecule has 0 aliphatic rings. The molecule has 0 fully saturated rings. The zero-order chi connectivity index (χ0) is 42.8. The Morgan fingerprint density at radius 2 is 1.24 bits per heavy atom. The third-order valence-corrected chi connectivity index (χ3v) is 13.4. The fraction of sp³-hybridized carbons (Fsp3) is 0.553. The molecule has 5 rings (SSSR count). The molecule has 0 N–H and O–H groups in total. The third kappa shape index (κ3) is 10.6. The van der Waals surface area contributed by atoms with Gasteiger partial charge < -0.3 is 13.7 Å². The minimum Gasteiger partial charge on any atom is -0.459 e. The second kappa shape index (κ2) is 17.6.